The quantitative estimate of drug-likeness (QED) is 0.625. The normalized spacial score (nSPS) is 26.2. The fourth-order valence-electron chi connectivity index (χ4n) is 1.53. The molecule has 1 atom stereocenters. The van der Waals surface area contributed by atoms with Crippen LogP contribution >= 0.6 is 0 Å². The fraction of sp³-hybridized carbons (Fsp3) is 0.889. The minimum atomic E-state index is -0.00472. The first-order valence-corrected chi connectivity index (χ1v) is 4.67. The second kappa shape index (κ2) is 3.90. The molecule has 1 amide bonds. The largest absolute Gasteiger partial charge is 0.339 e. The summed E-state index contributed by atoms with van der Waals surface area (Å²) in [5, 5.41) is 3.19. The maximum atomic E-state index is 11.7. The standard InChI is InChI=1S/C9H18N2O/c1-7(2)11-6-4-5-10-8(3)9(11)12/h7-8,10H,4-6H2,1-3H3/t8-/m0/s1. The molecule has 0 spiro atoms. The molecule has 1 rings (SSSR count). The van der Waals surface area contributed by atoms with Gasteiger partial charge in [-0.05, 0) is 33.7 Å². The lowest BCUT2D eigenvalue weighted by molar-refractivity contribution is -0.133. The fourth-order valence-corrected chi connectivity index (χ4v) is 1.53. The summed E-state index contributed by atoms with van der Waals surface area (Å²) in [5.41, 5.74) is 0. The van der Waals surface area contributed by atoms with Crippen molar-refractivity contribution in [3.8, 4) is 0 Å². The third kappa shape index (κ3) is 1.97. The zero-order chi connectivity index (χ0) is 9.14. The van der Waals surface area contributed by atoms with Crippen LogP contribution in [0.5, 0.6) is 0 Å². The van der Waals surface area contributed by atoms with Gasteiger partial charge in [0, 0.05) is 12.6 Å². The third-order valence-electron chi connectivity index (χ3n) is 2.30. The Morgan fingerprint density at radius 2 is 2.25 bits per heavy atom. The van der Waals surface area contributed by atoms with Gasteiger partial charge in [-0.3, -0.25) is 4.79 Å². The molecule has 1 N–H and O–H groups in total. The molecule has 12 heavy (non-hydrogen) atoms. The lowest BCUT2D eigenvalue weighted by Crippen LogP contribution is -2.44. The number of nitrogens with zero attached hydrogens (tertiary/aromatic N) is 1. The van der Waals surface area contributed by atoms with Gasteiger partial charge in [0.05, 0.1) is 6.04 Å². The highest BCUT2D eigenvalue weighted by Gasteiger charge is 2.24. The number of hydrogen-bond acceptors (Lipinski definition) is 2. The van der Waals surface area contributed by atoms with Crippen molar-refractivity contribution in [1.29, 1.82) is 0 Å². The summed E-state index contributed by atoms with van der Waals surface area (Å²) in [5.74, 6) is 0.238. The van der Waals surface area contributed by atoms with Crippen molar-refractivity contribution in [2.75, 3.05) is 13.1 Å². The molecule has 0 aliphatic carbocycles. The molecule has 0 bridgehead atoms. The maximum absolute atomic E-state index is 11.7. The van der Waals surface area contributed by atoms with E-state index in [4.69, 9.17) is 0 Å². The van der Waals surface area contributed by atoms with Crippen molar-refractivity contribution in [2.24, 2.45) is 0 Å². The van der Waals surface area contributed by atoms with E-state index in [0.717, 1.165) is 19.5 Å². The number of carbonyl (C=O) groups is 1. The van der Waals surface area contributed by atoms with Crippen LogP contribution in [0.4, 0.5) is 0 Å². The van der Waals surface area contributed by atoms with Crippen molar-refractivity contribution in [2.45, 2.75) is 39.3 Å². The third-order valence-corrected chi connectivity index (χ3v) is 2.30. The molecule has 3 heteroatoms. The molecule has 0 aromatic carbocycles. The van der Waals surface area contributed by atoms with Gasteiger partial charge in [-0.15, -0.1) is 0 Å². The van der Waals surface area contributed by atoms with Crippen LogP contribution in [0.2, 0.25) is 0 Å². The monoisotopic (exact) mass is 170 g/mol. The second-order valence-corrected chi connectivity index (χ2v) is 3.65. The van der Waals surface area contributed by atoms with Crippen LogP contribution in [0.1, 0.15) is 27.2 Å². The highest BCUT2D eigenvalue weighted by atomic mass is 16.2. The van der Waals surface area contributed by atoms with E-state index in [-0.39, 0.29) is 11.9 Å². The summed E-state index contributed by atoms with van der Waals surface area (Å²) in [6.45, 7) is 7.92. The molecule has 3 nitrogen and oxygen atoms in total. The maximum Gasteiger partial charge on any atom is 0.239 e. The Bertz CT molecular complexity index is 168. The van der Waals surface area contributed by atoms with E-state index in [2.05, 4.69) is 19.2 Å². The summed E-state index contributed by atoms with van der Waals surface area (Å²) in [6.07, 6.45) is 1.06. The molecule has 1 aliphatic rings. The smallest absolute Gasteiger partial charge is 0.239 e. The molecular formula is C9H18N2O. The highest BCUT2D eigenvalue weighted by molar-refractivity contribution is 5.81. The van der Waals surface area contributed by atoms with Gasteiger partial charge >= 0.3 is 0 Å². The molecule has 70 valence electrons. The van der Waals surface area contributed by atoms with Crippen molar-refractivity contribution in [1.82, 2.24) is 10.2 Å². The van der Waals surface area contributed by atoms with Crippen molar-refractivity contribution in [3.63, 3.8) is 0 Å². The lowest BCUT2D eigenvalue weighted by Gasteiger charge is -2.26. The molecule has 1 aliphatic heterocycles. The van der Waals surface area contributed by atoms with Gasteiger partial charge in [0.2, 0.25) is 5.91 Å². The number of carbonyl (C=O) groups excluding carboxylic acids is 1. The van der Waals surface area contributed by atoms with Crippen LogP contribution in [-0.2, 0) is 4.79 Å². The molecule has 0 aromatic rings. The van der Waals surface area contributed by atoms with Crippen LogP contribution in [0, 0.1) is 0 Å². The predicted octanol–water partition coefficient (Wildman–Crippen LogP) is 0.605. The Morgan fingerprint density at radius 3 is 2.83 bits per heavy atom. The molecule has 0 saturated carbocycles. The zero-order valence-electron chi connectivity index (χ0n) is 8.13. The first kappa shape index (κ1) is 9.52. The SMILES string of the molecule is CC(C)N1CCCN[C@@H](C)C1=O. The van der Waals surface area contributed by atoms with Crippen molar-refractivity contribution < 1.29 is 4.79 Å². The Hall–Kier alpha value is -0.570. The van der Waals surface area contributed by atoms with Crippen molar-refractivity contribution >= 4 is 5.91 Å². The highest BCUT2D eigenvalue weighted by Crippen LogP contribution is 2.06. The first-order valence-electron chi connectivity index (χ1n) is 4.67. The number of rotatable bonds is 1. The number of hydrogen-bond donors (Lipinski definition) is 1. The summed E-state index contributed by atoms with van der Waals surface area (Å²) >= 11 is 0. The van der Waals surface area contributed by atoms with E-state index in [1.807, 2.05) is 11.8 Å². The van der Waals surface area contributed by atoms with Gasteiger partial charge in [0.15, 0.2) is 0 Å². The van der Waals surface area contributed by atoms with Crippen LogP contribution in [0.15, 0.2) is 0 Å². The molecule has 1 saturated heterocycles. The first-order chi connectivity index (χ1) is 5.63. The molecule has 1 heterocycles. The van der Waals surface area contributed by atoms with Crippen LogP contribution in [0.3, 0.4) is 0 Å². The summed E-state index contributed by atoms with van der Waals surface area (Å²) in [6, 6.07) is 0.328. The van der Waals surface area contributed by atoms with Gasteiger partial charge < -0.3 is 10.2 Å². The van der Waals surface area contributed by atoms with Gasteiger partial charge in [-0.2, -0.15) is 0 Å². The van der Waals surface area contributed by atoms with Gasteiger partial charge in [0.25, 0.3) is 0 Å². The Balaban J connectivity index is 2.64. The second-order valence-electron chi connectivity index (χ2n) is 3.65. The van der Waals surface area contributed by atoms with E-state index >= 15 is 0 Å². The molecule has 0 radical (unpaired) electrons. The van der Waals surface area contributed by atoms with Crippen molar-refractivity contribution in [3.05, 3.63) is 0 Å². The van der Waals surface area contributed by atoms with Gasteiger partial charge in [-0.25, -0.2) is 0 Å². The molecular weight excluding hydrogens is 152 g/mol. The van der Waals surface area contributed by atoms with E-state index < -0.39 is 0 Å². The average molecular weight is 170 g/mol. The minimum Gasteiger partial charge on any atom is -0.339 e. The van der Waals surface area contributed by atoms with Gasteiger partial charge in [-0.1, -0.05) is 0 Å². The molecule has 0 unspecified atom stereocenters. The van der Waals surface area contributed by atoms with E-state index in [9.17, 15) is 4.79 Å². The molecule has 0 aromatic heterocycles. The minimum absolute atomic E-state index is 0.00472. The van der Waals surface area contributed by atoms with E-state index in [0.29, 0.717) is 6.04 Å². The average Bonchev–Trinajstić information content (AvgIpc) is 2.15. The predicted molar refractivity (Wildman–Crippen MR) is 48.9 cm³/mol. The Morgan fingerprint density at radius 1 is 1.58 bits per heavy atom. The van der Waals surface area contributed by atoms with Crippen LogP contribution in [0.25, 0.3) is 0 Å². The molecule has 1 fully saturated rings. The lowest BCUT2D eigenvalue weighted by atomic mass is 10.2. The summed E-state index contributed by atoms with van der Waals surface area (Å²) < 4.78 is 0. The summed E-state index contributed by atoms with van der Waals surface area (Å²) in [7, 11) is 0. The Kier molecular flexibility index (Phi) is 3.09. The number of nitrogens with one attached hydrogen (secondary N) is 1. The topological polar surface area (TPSA) is 32.3 Å². The van der Waals surface area contributed by atoms with Crippen LogP contribution < -0.4 is 5.32 Å². The number of amides is 1. The Labute approximate surface area is 74.1 Å². The zero-order valence-corrected chi connectivity index (χ0v) is 8.13. The van der Waals surface area contributed by atoms with E-state index in [1.165, 1.54) is 0 Å². The van der Waals surface area contributed by atoms with Crippen LogP contribution in [-0.4, -0.2) is 36.0 Å². The van der Waals surface area contributed by atoms with Gasteiger partial charge in [0.1, 0.15) is 0 Å². The summed E-state index contributed by atoms with van der Waals surface area (Å²) in [4.78, 5) is 13.6. The van der Waals surface area contributed by atoms with E-state index in [1.54, 1.807) is 0 Å².